The van der Waals surface area contributed by atoms with Crippen LogP contribution in [0.25, 0.3) is 6.08 Å². The van der Waals surface area contributed by atoms with Crippen LogP contribution in [0, 0.1) is 13.8 Å². The molecule has 0 aliphatic carbocycles. The van der Waals surface area contributed by atoms with Gasteiger partial charge in [0, 0.05) is 0 Å². The molecule has 1 aliphatic rings. The lowest BCUT2D eigenvalue weighted by atomic mass is 10.1. The smallest absolute Gasteiger partial charge is 0.273 e. The Morgan fingerprint density at radius 1 is 0.917 bits per heavy atom. The predicted octanol–water partition coefficient (Wildman–Crippen LogP) is 2.97. The molecule has 2 aromatic rings. The molecule has 0 spiro atoms. The van der Waals surface area contributed by atoms with Crippen molar-refractivity contribution in [1.82, 2.24) is 5.32 Å². The monoisotopic (exact) mass is 320 g/mol. The number of nitrogens with one attached hydrogen (secondary N) is 1. The molecule has 1 saturated heterocycles. The molecule has 5 heteroatoms. The van der Waals surface area contributed by atoms with Gasteiger partial charge in [-0.15, -0.1) is 0 Å². The number of amides is 4. The number of hydrogen-bond donors (Lipinski definition) is 1. The third-order valence-electron chi connectivity index (χ3n) is 3.96. The number of nitrogens with zero attached hydrogens (tertiary/aromatic N) is 1. The Kier molecular flexibility index (Phi) is 4.00. The number of urea groups is 1. The average Bonchev–Trinajstić information content (AvgIpc) is 2.55. The SMILES string of the molecule is Cc1ccc(N2C(=O)NC(=O)/C(=C\c3ccccc3)C2=O)cc1C. The largest absolute Gasteiger partial charge is 0.335 e. The molecular formula is C19H16N2O3. The van der Waals surface area contributed by atoms with Gasteiger partial charge in [-0.25, -0.2) is 9.69 Å². The Morgan fingerprint density at radius 3 is 2.29 bits per heavy atom. The number of rotatable bonds is 2. The number of hydrogen-bond acceptors (Lipinski definition) is 3. The fraction of sp³-hybridized carbons (Fsp3) is 0.105. The van der Waals surface area contributed by atoms with Gasteiger partial charge in [0.1, 0.15) is 5.57 Å². The van der Waals surface area contributed by atoms with Crippen LogP contribution < -0.4 is 10.2 Å². The molecule has 1 heterocycles. The standard InChI is InChI=1S/C19H16N2O3/c1-12-8-9-15(10-13(12)2)21-18(23)16(17(22)20-19(21)24)11-14-6-4-3-5-7-14/h3-11H,1-2H3,(H,20,22,24)/b16-11+. The van der Waals surface area contributed by atoms with E-state index >= 15 is 0 Å². The van der Waals surface area contributed by atoms with Crippen molar-refractivity contribution in [3.05, 3.63) is 70.8 Å². The van der Waals surface area contributed by atoms with Crippen molar-refractivity contribution >= 4 is 29.6 Å². The molecule has 2 aromatic carbocycles. The predicted molar refractivity (Wildman–Crippen MR) is 91.4 cm³/mol. The van der Waals surface area contributed by atoms with Crippen molar-refractivity contribution in [2.75, 3.05) is 4.90 Å². The summed E-state index contributed by atoms with van der Waals surface area (Å²) >= 11 is 0. The zero-order valence-corrected chi connectivity index (χ0v) is 13.4. The minimum absolute atomic E-state index is 0.0703. The number of carbonyl (C=O) groups is 3. The first-order chi connectivity index (χ1) is 11.5. The van der Waals surface area contributed by atoms with Gasteiger partial charge in [-0.05, 0) is 48.7 Å². The number of carbonyl (C=O) groups excluding carboxylic acids is 3. The minimum Gasteiger partial charge on any atom is -0.273 e. The van der Waals surface area contributed by atoms with Gasteiger partial charge in [0.2, 0.25) is 0 Å². The highest BCUT2D eigenvalue weighted by Crippen LogP contribution is 2.24. The molecule has 0 aromatic heterocycles. The first kappa shape index (κ1) is 15.7. The lowest BCUT2D eigenvalue weighted by Crippen LogP contribution is -2.54. The molecule has 1 N–H and O–H groups in total. The highest BCUT2D eigenvalue weighted by atomic mass is 16.2. The van der Waals surface area contributed by atoms with Crippen LogP contribution in [0.3, 0.4) is 0 Å². The molecule has 1 aliphatic heterocycles. The molecule has 24 heavy (non-hydrogen) atoms. The van der Waals surface area contributed by atoms with E-state index in [4.69, 9.17) is 0 Å². The second-order valence-electron chi connectivity index (χ2n) is 5.64. The molecule has 4 amide bonds. The first-order valence-electron chi connectivity index (χ1n) is 7.51. The summed E-state index contributed by atoms with van der Waals surface area (Å²) in [7, 11) is 0. The lowest BCUT2D eigenvalue weighted by molar-refractivity contribution is -0.122. The second kappa shape index (κ2) is 6.12. The van der Waals surface area contributed by atoms with Crippen LogP contribution >= 0.6 is 0 Å². The summed E-state index contributed by atoms with van der Waals surface area (Å²) < 4.78 is 0. The average molecular weight is 320 g/mol. The maximum absolute atomic E-state index is 12.7. The zero-order valence-electron chi connectivity index (χ0n) is 13.4. The highest BCUT2D eigenvalue weighted by molar-refractivity contribution is 6.39. The summed E-state index contributed by atoms with van der Waals surface area (Å²) in [5.41, 5.74) is 3.09. The summed E-state index contributed by atoms with van der Waals surface area (Å²) in [5, 5.41) is 2.22. The molecule has 120 valence electrons. The normalized spacial score (nSPS) is 16.5. The van der Waals surface area contributed by atoms with E-state index in [0.29, 0.717) is 11.3 Å². The second-order valence-corrected chi connectivity index (χ2v) is 5.64. The summed E-state index contributed by atoms with van der Waals surface area (Å²) in [4.78, 5) is 37.9. The van der Waals surface area contributed by atoms with E-state index in [1.54, 1.807) is 24.3 Å². The van der Waals surface area contributed by atoms with Crippen molar-refractivity contribution in [2.24, 2.45) is 0 Å². The Hall–Kier alpha value is -3.21. The summed E-state index contributed by atoms with van der Waals surface area (Å²) in [6.45, 7) is 3.85. The first-order valence-corrected chi connectivity index (χ1v) is 7.51. The third-order valence-corrected chi connectivity index (χ3v) is 3.96. The number of aryl methyl sites for hydroxylation is 2. The van der Waals surface area contributed by atoms with Crippen LogP contribution in [0.2, 0.25) is 0 Å². The van der Waals surface area contributed by atoms with Crippen molar-refractivity contribution < 1.29 is 14.4 Å². The summed E-state index contributed by atoms with van der Waals surface area (Å²) in [5.74, 6) is -1.32. The van der Waals surface area contributed by atoms with Gasteiger partial charge in [-0.3, -0.25) is 14.9 Å². The third kappa shape index (κ3) is 2.84. The molecule has 0 radical (unpaired) electrons. The Bertz CT molecular complexity index is 869. The van der Waals surface area contributed by atoms with Crippen LogP contribution in [0.15, 0.2) is 54.1 Å². The summed E-state index contributed by atoms with van der Waals surface area (Å²) in [6, 6.07) is 13.6. The van der Waals surface area contributed by atoms with Crippen LogP contribution in [0.1, 0.15) is 16.7 Å². The van der Waals surface area contributed by atoms with E-state index in [1.807, 2.05) is 38.1 Å². The zero-order chi connectivity index (χ0) is 17.3. The van der Waals surface area contributed by atoms with Crippen molar-refractivity contribution in [3.8, 4) is 0 Å². The van der Waals surface area contributed by atoms with Crippen molar-refractivity contribution in [1.29, 1.82) is 0 Å². The molecule has 1 fully saturated rings. The highest BCUT2D eigenvalue weighted by Gasteiger charge is 2.36. The lowest BCUT2D eigenvalue weighted by Gasteiger charge is -2.26. The van der Waals surface area contributed by atoms with E-state index in [2.05, 4.69) is 5.32 Å². The van der Waals surface area contributed by atoms with E-state index in [1.165, 1.54) is 6.08 Å². The Morgan fingerprint density at radius 2 is 1.62 bits per heavy atom. The van der Waals surface area contributed by atoms with Crippen LogP contribution in [0.5, 0.6) is 0 Å². The van der Waals surface area contributed by atoms with Gasteiger partial charge in [0.15, 0.2) is 0 Å². The molecule has 5 nitrogen and oxygen atoms in total. The number of anilines is 1. The molecule has 0 bridgehead atoms. The van der Waals surface area contributed by atoms with E-state index < -0.39 is 17.8 Å². The Balaban J connectivity index is 2.03. The van der Waals surface area contributed by atoms with E-state index in [-0.39, 0.29) is 5.57 Å². The molecule has 0 unspecified atom stereocenters. The topological polar surface area (TPSA) is 66.5 Å². The molecule has 0 saturated carbocycles. The minimum atomic E-state index is -0.738. The van der Waals surface area contributed by atoms with Crippen LogP contribution in [0.4, 0.5) is 10.5 Å². The van der Waals surface area contributed by atoms with Crippen LogP contribution in [-0.2, 0) is 9.59 Å². The quantitative estimate of drug-likeness (QED) is 0.683. The molecule has 3 rings (SSSR count). The number of barbiturate groups is 1. The molecule has 0 atom stereocenters. The number of imide groups is 2. The van der Waals surface area contributed by atoms with Gasteiger partial charge >= 0.3 is 6.03 Å². The van der Waals surface area contributed by atoms with Gasteiger partial charge in [-0.1, -0.05) is 36.4 Å². The Labute approximate surface area is 139 Å². The van der Waals surface area contributed by atoms with Crippen molar-refractivity contribution in [2.45, 2.75) is 13.8 Å². The maximum Gasteiger partial charge on any atom is 0.335 e. The van der Waals surface area contributed by atoms with E-state index in [0.717, 1.165) is 16.0 Å². The van der Waals surface area contributed by atoms with Gasteiger partial charge in [0.25, 0.3) is 11.8 Å². The van der Waals surface area contributed by atoms with Gasteiger partial charge in [-0.2, -0.15) is 0 Å². The van der Waals surface area contributed by atoms with Crippen LogP contribution in [-0.4, -0.2) is 17.8 Å². The fourth-order valence-electron chi connectivity index (χ4n) is 2.47. The maximum atomic E-state index is 12.7. The van der Waals surface area contributed by atoms with E-state index in [9.17, 15) is 14.4 Å². The molecular weight excluding hydrogens is 304 g/mol. The van der Waals surface area contributed by atoms with Gasteiger partial charge in [0.05, 0.1) is 5.69 Å². The summed E-state index contributed by atoms with van der Waals surface area (Å²) in [6.07, 6.45) is 1.48. The number of benzene rings is 2. The fourth-order valence-corrected chi connectivity index (χ4v) is 2.47. The van der Waals surface area contributed by atoms with Gasteiger partial charge < -0.3 is 0 Å². The van der Waals surface area contributed by atoms with Crippen molar-refractivity contribution in [3.63, 3.8) is 0 Å².